The summed E-state index contributed by atoms with van der Waals surface area (Å²) in [6.45, 7) is 1.45. The minimum absolute atomic E-state index is 0.629. The van der Waals surface area contributed by atoms with Crippen LogP contribution in [0, 0.1) is 0 Å². The standard InChI is InChI=1S/C7H8BrN5S/c8-6-1-5(4-14-6)2-9-3-7-10-12-13-11-7/h1,4,9H,2-3H2,(H,10,11,12,13). The Morgan fingerprint density at radius 2 is 2.43 bits per heavy atom. The summed E-state index contributed by atoms with van der Waals surface area (Å²) in [4.78, 5) is 0. The second-order valence-electron chi connectivity index (χ2n) is 2.69. The highest BCUT2D eigenvalue weighted by atomic mass is 79.9. The number of thiophene rings is 1. The molecule has 2 N–H and O–H groups in total. The second kappa shape index (κ2) is 4.63. The van der Waals surface area contributed by atoms with Crippen molar-refractivity contribution < 1.29 is 0 Å². The Bertz CT molecular complexity index is 384. The fraction of sp³-hybridized carbons (Fsp3) is 0.286. The molecule has 14 heavy (non-hydrogen) atoms. The lowest BCUT2D eigenvalue weighted by atomic mass is 10.3. The summed E-state index contributed by atoms with van der Waals surface area (Å²) >= 11 is 5.09. The maximum atomic E-state index is 3.84. The fourth-order valence-electron chi connectivity index (χ4n) is 1.01. The van der Waals surface area contributed by atoms with Crippen LogP contribution < -0.4 is 5.32 Å². The van der Waals surface area contributed by atoms with E-state index in [2.05, 4.69) is 53.3 Å². The molecule has 0 spiro atoms. The first-order valence-corrected chi connectivity index (χ1v) is 5.68. The Labute approximate surface area is 93.0 Å². The van der Waals surface area contributed by atoms with E-state index in [1.807, 2.05) is 0 Å². The topological polar surface area (TPSA) is 66.5 Å². The van der Waals surface area contributed by atoms with Gasteiger partial charge in [-0.05, 0) is 32.9 Å². The average Bonchev–Trinajstić information content (AvgIpc) is 2.77. The summed E-state index contributed by atoms with van der Waals surface area (Å²) in [5, 5.41) is 18.9. The van der Waals surface area contributed by atoms with Crippen molar-refractivity contribution in [1.29, 1.82) is 0 Å². The molecule has 0 amide bonds. The molecule has 2 heterocycles. The minimum atomic E-state index is 0.629. The van der Waals surface area contributed by atoms with Gasteiger partial charge >= 0.3 is 0 Å². The summed E-state index contributed by atoms with van der Waals surface area (Å²) in [5.74, 6) is 0.680. The van der Waals surface area contributed by atoms with Crippen LogP contribution in [0.4, 0.5) is 0 Å². The molecular weight excluding hydrogens is 266 g/mol. The van der Waals surface area contributed by atoms with E-state index in [0.717, 1.165) is 10.3 Å². The number of aromatic amines is 1. The summed E-state index contributed by atoms with van der Waals surface area (Å²) in [5.41, 5.74) is 1.25. The molecule has 0 aliphatic heterocycles. The van der Waals surface area contributed by atoms with E-state index in [1.165, 1.54) is 5.56 Å². The van der Waals surface area contributed by atoms with Crippen LogP contribution in [-0.2, 0) is 13.1 Å². The zero-order valence-corrected chi connectivity index (χ0v) is 9.60. The van der Waals surface area contributed by atoms with Crippen LogP contribution in [0.3, 0.4) is 0 Å². The van der Waals surface area contributed by atoms with Crippen LogP contribution in [0.5, 0.6) is 0 Å². The Balaban J connectivity index is 1.78. The molecule has 5 nitrogen and oxygen atoms in total. The van der Waals surface area contributed by atoms with Crippen LogP contribution in [0.25, 0.3) is 0 Å². The van der Waals surface area contributed by atoms with Gasteiger partial charge in [-0.25, -0.2) is 0 Å². The van der Waals surface area contributed by atoms with E-state index in [-0.39, 0.29) is 0 Å². The molecule has 0 fully saturated rings. The third-order valence-electron chi connectivity index (χ3n) is 1.62. The molecule has 2 aromatic heterocycles. The van der Waals surface area contributed by atoms with Crippen molar-refractivity contribution in [2.24, 2.45) is 0 Å². The lowest BCUT2D eigenvalue weighted by Gasteiger charge is -1.97. The highest BCUT2D eigenvalue weighted by Crippen LogP contribution is 2.20. The van der Waals surface area contributed by atoms with Gasteiger partial charge in [0.15, 0.2) is 5.82 Å². The zero-order chi connectivity index (χ0) is 9.80. The number of hydrogen-bond acceptors (Lipinski definition) is 5. The van der Waals surface area contributed by atoms with Gasteiger partial charge in [0.2, 0.25) is 0 Å². The molecule has 74 valence electrons. The van der Waals surface area contributed by atoms with E-state index in [4.69, 9.17) is 0 Å². The Morgan fingerprint density at radius 1 is 1.50 bits per heavy atom. The number of H-pyrrole nitrogens is 1. The predicted octanol–water partition coefficient (Wildman–Crippen LogP) is 1.31. The van der Waals surface area contributed by atoms with E-state index in [0.29, 0.717) is 12.4 Å². The Hall–Kier alpha value is -0.790. The molecule has 0 bridgehead atoms. The number of tetrazole rings is 1. The van der Waals surface area contributed by atoms with Gasteiger partial charge in [0, 0.05) is 6.54 Å². The van der Waals surface area contributed by atoms with Crippen molar-refractivity contribution in [1.82, 2.24) is 25.9 Å². The number of halogens is 1. The largest absolute Gasteiger partial charge is 0.306 e. The summed E-state index contributed by atoms with van der Waals surface area (Å²) in [6, 6.07) is 2.09. The fourth-order valence-corrected chi connectivity index (χ4v) is 2.22. The molecule has 0 radical (unpaired) electrons. The van der Waals surface area contributed by atoms with Crippen LogP contribution in [-0.4, -0.2) is 20.6 Å². The molecule has 0 saturated carbocycles. The van der Waals surface area contributed by atoms with Crippen LogP contribution in [0.15, 0.2) is 15.2 Å². The van der Waals surface area contributed by atoms with Crippen molar-refractivity contribution in [3.05, 3.63) is 26.6 Å². The normalized spacial score (nSPS) is 10.6. The van der Waals surface area contributed by atoms with Crippen LogP contribution in [0.1, 0.15) is 11.4 Å². The molecule has 0 aliphatic rings. The third kappa shape index (κ3) is 2.60. The second-order valence-corrected chi connectivity index (χ2v) is 4.98. The molecule has 0 unspecified atom stereocenters. The lowest BCUT2D eigenvalue weighted by Crippen LogP contribution is -2.13. The first kappa shape index (κ1) is 9.75. The van der Waals surface area contributed by atoms with Crippen molar-refractivity contribution >= 4 is 27.3 Å². The maximum Gasteiger partial charge on any atom is 0.188 e. The molecule has 0 aliphatic carbocycles. The van der Waals surface area contributed by atoms with Crippen LogP contribution >= 0.6 is 27.3 Å². The monoisotopic (exact) mass is 273 g/mol. The summed E-state index contributed by atoms with van der Waals surface area (Å²) in [7, 11) is 0. The minimum Gasteiger partial charge on any atom is -0.306 e. The van der Waals surface area contributed by atoms with Gasteiger partial charge in [-0.1, -0.05) is 5.21 Å². The van der Waals surface area contributed by atoms with E-state index < -0.39 is 0 Å². The van der Waals surface area contributed by atoms with Crippen molar-refractivity contribution in [2.75, 3.05) is 0 Å². The molecule has 0 atom stereocenters. The highest BCUT2D eigenvalue weighted by molar-refractivity contribution is 9.11. The zero-order valence-electron chi connectivity index (χ0n) is 7.20. The number of rotatable bonds is 4. The van der Waals surface area contributed by atoms with Gasteiger partial charge < -0.3 is 5.32 Å². The molecule has 0 aromatic carbocycles. The number of nitrogens with one attached hydrogen (secondary N) is 2. The van der Waals surface area contributed by atoms with E-state index in [1.54, 1.807) is 11.3 Å². The van der Waals surface area contributed by atoms with Crippen LogP contribution in [0.2, 0.25) is 0 Å². The quantitative estimate of drug-likeness (QED) is 0.882. The van der Waals surface area contributed by atoms with Gasteiger partial charge in [0.1, 0.15) is 0 Å². The third-order valence-corrected chi connectivity index (χ3v) is 3.18. The maximum absolute atomic E-state index is 3.84. The van der Waals surface area contributed by atoms with Gasteiger partial charge in [0.25, 0.3) is 0 Å². The molecule has 2 rings (SSSR count). The lowest BCUT2D eigenvalue weighted by molar-refractivity contribution is 0.664. The molecule has 2 aromatic rings. The van der Waals surface area contributed by atoms with Gasteiger partial charge in [-0.3, -0.25) is 0 Å². The first-order valence-electron chi connectivity index (χ1n) is 4.00. The highest BCUT2D eigenvalue weighted by Gasteiger charge is 1.99. The first-order chi connectivity index (χ1) is 6.84. The van der Waals surface area contributed by atoms with Crippen molar-refractivity contribution in [3.63, 3.8) is 0 Å². The predicted molar refractivity (Wildman–Crippen MR) is 56.7 cm³/mol. The molecule has 7 heteroatoms. The van der Waals surface area contributed by atoms with E-state index >= 15 is 0 Å². The van der Waals surface area contributed by atoms with Gasteiger partial charge in [-0.2, -0.15) is 5.21 Å². The Kier molecular flexibility index (Phi) is 3.22. The van der Waals surface area contributed by atoms with E-state index in [9.17, 15) is 0 Å². The number of nitrogens with zero attached hydrogens (tertiary/aromatic N) is 3. The SMILES string of the molecule is Brc1cc(CNCc2nn[nH]n2)cs1. The summed E-state index contributed by atoms with van der Waals surface area (Å²) < 4.78 is 1.15. The smallest absolute Gasteiger partial charge is 0.188 e. The summed E-state index contributed by atoms with van der Waals surface area (Å²) in [6.07, 6.45) is 0. The van der Waals surface area contributed by atoms with Crippen molar-refractivity contribution in [3.8, 4) is 0 Å². The van der Waals surface area contributed by atoms with Gasteiger partial charge in [0.05, 0.1) is 10.3 Å². The van der Waals surface area contributed by atoms with Gasteiger partial charge in [-0.15, -0.1) is 21.5 Å². The molecular formula is C7H8BrN5S. The Morgan fingerprint density at radius 3 is 3.07 bits per heavy atom. The van der Waals surface area contributed by atoms with Crippen molar-refractivity contribution in [2.45, 2.75) is 13.1 Å². The number of aromatic nitrogens is 4. The average molecular weight is 274 g/mol. The molecule has 0 saturated heterocycles. The number of hydrogen-bond donors (Lipinski definition) is 2.